The molecule has 4 amide bonds. The number of aromatic nitrogens is 5. The second-order valence-electron chi connectivity index (χ2n) is 15.9. The van der Waals surface area contributed by atoms with Crippen LogP contribution in [-0.4, -0.2) is 116 Å². The minimum Gasteiger partial charge on any atom is -0.494 e. The van der Waals surface area contributed by atoms with Gasteiger partial charge >= 0.3 is 0 Å². The Morgan fingerprint density at radius 3 is 2.52 bits per heavy atom. The van der Waals surface area contributed by atoms with E-state index in [-0.39, 0.29) is 49.0 Å². The fraction of sp³-hybridized carbons (Fsp3) is 0.386. The number of β-amino-alcohol motifs (C(OH)–C–C–N with tert-alkyl or cyclic N) is 1. The van der Waals surface area contributed by atoms with E-state index in [0.717, 1.165) is 22.5 Å². The summed E-state index contributed by atoms with van der Waals surface area (Å²) in [7, 11) is 3.43. The van der Waals surface area contributed by atoms with Gasteiger partial charge in [-0.15, -0.1) is 0 Å². The van der Waals surface area contributed by atoms with Crippen LogP contribution in [0.2, 0.25) is 0 Å². The van der Waals surface area contributed by atoms with Gasteiger partial charge in [0.15, 0.2) is 0 Å². The van der Waals surface area contributed by atoms with Gasteiger partial charge in [0.1, 0.15) is 23.6 Å². The maximum atomic E-state index is 13.4. The number of hydrogen-bond acceptors (Lipinski definition) is 11. The second kappa shape index (κ2) is 17.6. The number of aliphatic hydroxyl groups excluding tert-OH is 1. The molecule has 0 aliphatic carbocycles. The Morgan fingerprint density at radius 2 is 1.80 bits per heavy atom. The lowest BCUT2D eigenvalue weighted by molar-refractivity contribution is -0.142. The van der Waals surface area contributed by atoms with Crippen LogP contribution in [0.4, 0.5) is 11.4 Å². The van der Waals surface area contributed by atoms with E-state index in [1.165, 1.54) is 4.90 Å². The molecule has 0 bridgehead atoms. The van der Waals surface area contributed by atoms with Gasteiger partial charge in [0.05, 0.1) is 54.2 Å². The summed E-state index contributed by atoms with van der Waals surface area (Å²) in [5, 5.41) is 30.1. The number of ether oxygens (including phenoxy) is 2. The maximum absolute atomic E-state index is 13.4. The van der Waals surface area contributed by atoms with Crippen molar-refractivity contribution in [1.29, 1.82) is 0 Å². The molecule has 318 valence electrons. The minimum absolute atomic E-state index is 0.00255. The van der Waals surface area contributed by atoms with E-state index in [4.69, 9.17) is 9.47 Å². The van der Waals surface area contributed by atoms with Gasteiger partial charge in [-0.05, 0) is 80.1 Å². The van der Waals surface area contributed by atoms with Crippen LogP contribution < -0.4 is 25.6 Å². The topological polar surface area (TPSA) is 209 Å². The lowest BCUT2D eigenvalue weighted by Gasteiger charge is -2.40. The molecule has 2 aromatic carbocycles. The molecule has 3 aromatic heterocycles. The number of aromatic amines is 1. The molecule has 5 aromatic rings. The number of amides is 4. The third kappa shape index (κ3) is 8.98. The number of anilines is 2. The third-order valence-electron chi connectivity index (χ3n) is 12.0. The number of aliphatic hydroxyl groups is 1. The molecule has 17 nitrogen and oxygen atoms in total. The number of rotatable bonds is 12. The monoisotopic (exact) mass is 830 g/mol. The maximum Gasteiger partial charge on any atom is 0.274 e. The van der Waals surface area contributed by atoms with Crippen LogP contribution in [0.3, 0.4) is 0 Å². The lowest BCUT2D eigenvalue weighted by Crippen LogP contribution is -2.50. The zero-order valence-electron chi connectivity index (χ0n) is 34.3. The Bertz CT molecular complexity index is 2380. The SMILES string of the molecule is COc1cc(N2CCC3(CCC(C(=O)NCC(=O)N4C[C@H](O)C[C@H]4C(=O)N[C@@H](C)c4ccc(-c5ccnn5C)cc4)O3)CC2)ccc1NC(=O)c1cccc(-c2ccn[nH]2)n1. The predicted molar refractivity (Wildman–Crippen MR) is 225 cm³/mol. The zero-order valence-corrected chi connectivity index (χ0v) is 34.3. The molecular weight excluding hydrogens is 781 g/mol. The summed E-state index contributed by atoms with van der Waals surface area (Å²) in [5.74, 6) is -1.05. The molecule has 61 heavy (non-hydrogen) atoms. The van der Waals surface area contributed by atoms with Crippen molar-refractivity contribution in [2.75, 3.05) is 43.5 Å². The molecule has 6 heterocycles. The van der Waals surface area contributed by atoms with Gasteiger partial charge in [0.25, 0.3) is 5.91 Å². The van der Waals surface area contributed by atoms with Crippen LogP contribution >= 0.6 is 0 Å². The van der Waals surface area contributed by atoms with Gasteiger partial charge in [0, 0.05) is 57.3 Å². The van der Waals surface area contributed by atoms with Crippen LogP contribution in [0, 0.1) is 0 Å². The third-order valence-corrected chi connectivity index (χ3v) is 12.0. The largest absolute Gasteiger partial charge is 0.494 e. The van der Waals surface area contributed by atoms with Gasteiger partial charge in [-0.2, -0.15) is 10.2 Å². The highest BCUT2D eigenvalue weighted by Crippen LogP contribution is 2.41. The van der Waals surface area contributed by atoms with Crippen molar-refractivity contribution in [3.8, 4) is 28.4 Å². The number of aryl methyl sites for hydroxylation is 1. The molecule has 17 heteroatoms. The molecule has 3 saturated heterocycles. The van der Waals surface area contributed by atoms with Crippen molar-refractivity contribution >= 4 is 35.0 Å². The van der Waals surface area contributed by atoms with Crippen LogP contribution in [0.15, 0.2) is 85.2 Å². The van der Waals surface area contributed by atoms with Crippen LogP contribution in [-0.2, 0) is 26.2 Å². The summed E-state index contributed by atoms with van der Waals surface area (Å²) in [6.07, 6.45) is 4.54. The highest BCUT2D eigenvalue weighted by atomic mass is 16.5. The van der Waals surface area contributed by atoms with Gasteiger partial charge in [-0.25, -0.2) is 4.98 Å². The summed E-state index contributed by atoms with van der Waals surface area (Å²) >= 11 is 0. The standard InChI is InChI=1S/C44H50N10O7/c1-27(28-7-9-29(10-8-28)36-15-20-47-52(36)2)48-42(58)37-24-31(55)26-54(37)40(56)25-45-43(59)38-13-16-44(61-38)17-21-53(22-18-44)30-11-12-34(39(23-30)60-3)50-41(57)35-6-4-5-32(49-35)33-14-19-46-51-33/h4-12,14-15,19-20,23,27,31,37-38,55H,13,16-18,21-22,24-26H2,1-3H3,(H,45,59)(H,46,51)(H,48,58)(H,50,57)/t27-,31+,37-,38?/m0/s1. The number of carbonyl (C=O) groups excluding carboxylic acids is 4. The second-order valence-corrected chi connectivity index (χ2v) is 15.9. The molecule has 0 saturated carbocycles. The number of nitrogens with one attached hydrogen (secondary N) is 4. The number of nitrogens with zero attached hydrogens (tertiary/aromatic N) is 6. The molecule has 0 radical (unpaired) electrons. The summed E-state index contributed by atoms with van der Waals surface area (Å²) in [6, 6.07) is 21.2. The first-order valence-electron chi connectivity index (χ1n) is 20.5. The summed E-state index contributed by atoms with van der Waals surface area (Å²) in [4.78, 5) is 61.3. The molecule has 8 rings (SSSR count). The van der Waals surface area contributed by atoms with Gasteiger partial charge in [-0.1, -0.05) is 30.3 Å². The van der Waals surface area contributed by atoms with E-state index < -0.39 is 29.8 Å². The average Bonchev–Trinajstić information content (AvgIpc) is 4.12. The Labute approximate surface area is 352 Å². The molecule has 5 N–H and O–H groups in total. The van der Waals surface area contributed by atoms with E-state index >= 15 is 0 Å². The molecule has 1 spiro atoms. The Morgan fingerprint density at radius 1 is 1.00 bits per heavy atom. The number of hydrogen-bond donors (Lipinski definition) is 5. The van der Waals surface area contributed by atoms with Gasteiger partial charge in [-0.3, -0.25) is 29.0 Å². The first-order chi connectivity index (χ1) is 29.5. The summed E-state index contributed by atoms with van der Waals surface area (Å²) in [5.41, 5.74) is 5.40. The smallest absolute Gasteiger partial charge is 0.274 e. The van der Waals surface area contributed by atoms with E-state index in [0.29, 0.717) is 61.6 Å². The Balaban J connectivity index is 0.803. The van der Waals surface area contributed by atoms with Crippen molar-refractivity contribution in [2.45, 2.75) is 68.9 Å². The van der Waals surface area contributed by atoms with Gasteiger partial charge in [0.2, 0.25) is 17.7 Å². The highest BCUT2D eigenvalue weighted by Gasteiger charge is 2.45. The van der Waals surface area contributed by atoms with E-state index in [2.05, 4.69) is 41.1 Å². The Hall–Kier alpha value is -6.59. The van der Waals surface area contributed by atoms with Crippen molar-refractivity contribution in [3.63, 3.8) is 0 Å². The fourth-order valence-electron chi connectivity index (χ4n) is 8.52. The number of piperidine rings is 1. The van der Waals surface area contributed by atoms with E-state index in [9.17, 15) is 24.3 Å². The average molecular weight is 831 g/mol. The molecule has 3 fully saturated rings. The molecule has 3 aliphatic heterocycles. The van der Waals surface area contributed by atoms with Crippen molar-refractivity contribution in [2.24, 2.45) is 7.05 Å². The normalized spacial score (nSPS) is 20.0. The first kappa shape index (κ1) is 41.2. The number of carbonyl (C=O) groups is 4. The van der Waals surface area contributed by atoms with Crippen LogP contribution in [0.5, 0.6) is 5.75 Å². The fourth-order valence-corrected chi connectivity index (χ4v) is 8.52. The molecule has 3 aliphatic rings. The number of benzene rings is 2. The minimum atomic E-state index is -0.866. The highest BCUT2D eigenvalue weighted by molar-refractivity contribution is 6.04. The van der Waals surface area contributed by atoms with E-state index in [1.54, 1.807) is 48.5 Å². The first-order valence-corrected chi connectivity index (χ1v) is 20.5. The van der Waals surface area contributed by atoms with Crippen molar-refractivity contribution in [3.05, 3.63) is 96.4 Å². The van der Waals surface area contributed by atoms with Crippen LogP contribution in [0.25, 0.3) is 22.6 Å². The predicted octanol–water partition coefficient (Wildman–Crippen LogP) is 3.61. The van der Waals surface area contributed by atoms with Crippen molar-refractivity contribution < 1.29 is 33.8 Å². The zero-order chi connectivity index (χ0) is 42.7. The van der Waals surface area contributed by atoms with E-state index in [1.807, 2.05) is 62.5 Å². The van der Waals surface area contributed by atoms with Crippen molar-refractivity contribution in [1.82, 2.24) is 40.5 Å². The quantitative estimate of drug-likeness (QED) is 0.123. The number of H-pyrrole nitrogens is 1. The molecule has 4 atom stereocenters. The lowest BCUT2D eigenvalue weighted by atomic mass is 9.88. The summed E-state index contributed by atoms with van der Waals surface area (Å²) < 4.78 is 13.9. The number of pyridine rings is 1. The van der Waals surface area contributed by atoms with Gasteiger partial charge < -0.3 is 40.3 Å². The summed E-state index contributed by atoms with van der Waals surface area (Å²) in [6.45, 7) is 2.93. The number of likely N-dealkylation sites (tertiary alicyclic amines) is 1. The number of methoxy groups -OCH3 is 1. The molecular formula is C44H50N10O7. The van der Waals surface area contributed by atoms with Crippen LogP contribution in [0.1, 0.15) is 61.1 Å². The molecule has 1 unspecified atom stereocenters. The Kier molecular flexibility index (Phi) is 11.8.